The zero-order valence-corrected chi connectivity index (χ0v) is 17.2. The minimum Gasteiger partial charge on any atom is -0.496 e. The highest BCUT2D eigenvalue weighted by Crippen LogP contribution is 2.27. The SMILES string of the molecule is CNc1cc(F)c(C(=O)Nc2ccc(N)c(C(=N)c3cnccc3OC)c2)c(F)c1C=N. The number of nitrogen functional groups attached to an aromatic ring is 1. The second kappa shape index (κ2) is 9.21. The van der Waals surface area contributed by atoms with Gasteiger partial charge in [0, 0.05) is 48.3 Å². The zero-order chi connectivity index (χ0) is 23.4. The minimum atomic E-state index is -1.16. The Morgan fingerprint density at radius 2 is 1.97 bits per heavy atom. The average molecular weight is 438 g/mol. The van der Waals surface area contributed by atoms with Crippen molar-refractivity contribution in [2.24, 2.45) is 0 Å². The van der Waals surface area contributed by atoms with Crippen LogP contribution in [0.3, 0.4) is 0 Å². The van der Waals surface area contributed by atoms with Gasteiger partial charge in [0.25, 0.3) is 5.91 Å². The number of methoxy groups -OCH3 is 1. The van der Waals surface area contributed by atoms with Crippen LogP contribution in [0.1, 0.15) is 27.0 Å². The Kier molecular flexibility index (Phi) is 6.43. The number of nitrogens with two attached hydrogens (primary N) is 1. The van der Waals surface area contributed by atoms with Gasteiger partial charge < -0.3 is 26.5 Å². The summed E-state index contributed by atoms with van der Waals surface area (Å²) < 4.78 is 34.4. The molecule has 3 aromatic rings. The van der Waals surface area contributed by atoms with E-state index in [0.717, 1.165) is 6.07 Å². The van der Waals surface area contributed by atoms with Gasteiger partial charge in [-0.2, -0.15) is 0 Å². The number of pyridine rings is 1. The smallest absolute Gasteiger partial charge is 0.261 e. The molecule has 0 spiro atoms. The molecule has 0 atom stereocenters. The maximum absolute atomic E-state index is 14.7. The summed E-state index contributed by atoms with van der Waals surface area (Å²) in [5.74, 6) is -2.89. The molecule has 0 saturated carbocycles. The summed E-state index contributed by atoms with van der Waals surface area (Å²) in [6, 6.07) is 6.85. The highest BCUT2D eigenvalue weighted by Gasteiger charge is 2.23. The third kappa shape index (κ3) is 4.10. The topological polar surface area (TPSA) is 137 Å². The summed E-state index contributed by atoms with van der Waals surface area (Å²) in [7, 11) is 2.90. The van der Waals surface area contributed by atoms with Gasteiger partial charge in [0.05, 0.1) is 23.9 Å². The molecule has 8 nitrogen and oxygen atoms in total. The number of ether oxygens (including phenoxy) is 1. The monoisotopic (exact) mass is 438 g/mol. The van der Waals surface area contributed by atoms with Gasteiger partial charge in [-0.25, -0.2) is 8.78 Å². The van der Waals surface area contributed by atoms with Crippen LogP contribution in [0.4, 0.5) is 25.8 Å². The van der Waals surface area contributed by atoms with Crippen molar-refractivity contribution < 1.29 is 18.3 Å². The van der Waals surface area contributed by atoms with E-state index in [9.17, 15) is 13.6 Å². The summed E-state index contributed by atoms with van der Waals surface area (Å²) >= 11 is 0. The fourth-order valence-electron chi connectivity index (χ4n) is 3.13. The van der Waals surface area contributed by atoms with Crippen LogP contribution in [0.5, 0.6) is 5.75 Å². The first-order valence-corrected chi connectivity index (χ1v) is 9.30. The molecule has 1 amide bonds. The normalized spacial score (nSPS) is 10.4. The largest absolute Gasteiger partial charge is 0.496 e. The van der Waals surface area contributed by atoms with Crippen LogP contribution in [-0.2, 0) is 0 Å². The maximum atomic E-state index is 14.7. The Bertz CT molecular complexity index is 1230. The third-order valence-corrected chi connectivity index (χ3v) is 4.75. The van der Waals surface area contributed by atoms with Crippen LogP contribution in [0, 0.1) is 22.5 Å². The molecule has 6 N–H and O–H groups in total. The number of carbonyl (C=O) groups excluding carboxylic acids is 1. The highest BCUT2D eigenvalue weighted by molar-refractivity contribution is 6.16. The number of benzene rings is 2. The lowest BCUT2D eigenvalue weighted by molar-refractivity contribution is 0.101. The molecule has 3 rings (SSSR count). The lowest BCUT2D eigenvalue weighted by Crippen LogP contribution is -2.18. The van der Waals surface area contributed by atoms with Gasteiger partial charge in [-0.15, -0.1) is 0 Å². The third-order valence-electron chi connectivity index (χ3n) is 4.75. The highest BCUT2D eigenvalue weighted by atomic mass is 19.1. The Hall–Kier alpha value is -4.34. The van der Waals surface area contributed by atoms with Gasteiger partial charge >= 0.3 is 0 Å². The zero-order valence-electron chi connectivity index (χ0n) is 17.2. The molecular formula is C22H20F2N6O2. The molecule has 32 heavy (non-hydrogen) atoms. The lowest BCUT2D eigenvalue weighted by atomic mass is 10.0. The van der Waals surface area contributed by atoms with Crippen molar-refractivity contribution in [2.45, 2.75) is 0 Å². The summed E-state index contributed by atoms with van der Waals surface area (Å²) in [4.78, 5) is 16.7. The molecular weight excluding hydrogens is 418 g/mol. The Morgan fingerprint density at radius 3 is 2.62 bits per heavy atom. The number of nitrogens with zero attached hydrogens (tertiary/aromatic N) is 1. The number of aromatic nitrogens is 1. The van der Waals surface area contributed by atoms with Crippen LogP contribution in [0.2, 0.25) is 0 Å². The first-order chi connectivity index (χ1) is 15.3. The van der Waals surface area contributed by atoms with E-state index in [1.807, 2.05) is 0 Å². The van der Waals surface area contributed by atoms with E-state index in [1.54, 1.807) is 6.07 Å². The molecule has 10 heteroatoms. The van der Waals surface area contributed by atoms with Crippen LogP contribution < -0.4 is 21.1 Å². The number of hydrogen-bond donors (Lipinski definition) is 5. The van der Waals surface area contributed by atoms with Crippen molar-refractivity contribution in [2.75, 3.05) is 30.5 Å². The van der Waals surface area contributed by atoms with Gasteiger partial charge in [0.1, 0.15) is 22.9 Å². The summed E-state index contributed by atoms with van der Waals surface area (Å²) in [5.41, 5.74) is 6.03. The Labute approximate surface area is 182 Å². The number of anilines is 3. The van der Waals surface area contributed by atoms with E-state index in [4.69, 9.17) is 21.3 Å². The Balaban J connectivity index is 1.97. The standard InChI is InChI=1S/C22H20F2N6O2/c1-28-17-8-15(23)19(20(24)13(17)9-25)22(31)30-11-3-4-16(26)12(7-11)21(27)14-10-29-6-5-18(14)32-2/h3-10,25,27-28H,26H2,1-2H3,(H,30,31). The van der Waals surface area contributed by atoms with E-state index in [0.29, 0.717) is 17.5 Å². The van der Waals surface area contributed by atoms with Crippen LogP contribution >= 0.6 is 0 Å². The van der Waals surface area contributed by atoms with E-state index in [-0.39, 0.29) is 33.9 Å². The van der Waals surface area contributed by atoms with Gasteiger partial charge in [-0.05, 0) is 30.3 Å². The molecule has 1 heterocycles. The maximum Gasteiger partial charge on any atom is 0.261 e. The van der Waals surface area contributed by atoms with E-state index < -0.39 is 23.1 Å². The second-order valence-corrected chi connectivity index (χ2v) is 6.61. The molecule has 0 aliphatic carbocycles. The van der Waals surface area contributed by atoms with Gasteiger partial charge in [-0.3, -0.25) is 15.2 Å². The minimum absolute atomic E-state index is 0.00891. The van der Waals surface area contributed by atoms with E-state index >= 15 is 0 Å². The molecule has 0 radical (unpaired) electrons. The molecule has 2 aromatic carbocycles. The number of carbonyl (C=O) groups is 1. The summed E-state index contributed by atoms with van der Waals surface area (Å²) in [6.45, 7) is 0. The number of amides is 1. The van der Waals surface area contributed by atoms with Crippen LogP contribution in [0.15, 0.2) is 42.7 Å². The Morgan fingerprint density at radius 1 is 1.22 bits per heavy atom. The molecule has 0 saturated heterocycles. The van der Waals surface area contributed by atoms with Crippen molar-refractivity contribution in [1.29, 1.82) is 10.8 Å². The number of nitrogens with one attached hydrogen (secondary N) is 4. The molecule has 0 aliphatic rings. The van der Waals surface area contributed by atoms with Crippen molar-refractivity contribution in [3.05, 3.63) is 76.6 Å². The molecule has 0 fully saturated rings. The van der Waals surface area contributed by atoms with Crippen molar-refractivity contribution in [3.63, 3.8) is 0 Å². The van der Waals surface area contributed by atoms with Crippen LogP contribution in [0.25, 0.3) is 0 Å². The van der Waals surface area contributed by atoms with Crippen molar-refractivity contribution in [1.82, 2.24) is 4.98 Å². The molecule has 0 unspecified atom stereocenters. The quantitative estimate of drug-likeness (QED) is 0.283. The summed E-state index contributed by atoms with van der Waals surface area (Å²) in [6.07, 6.45) is 3.65. The first-order valence-electron chi connectivity index (χ1n) is 9.30. The van der Waals surface area contributed by atoms with E-state index in [2.05, 4.69) is 15.6 Å². The van der Waals surface area contributed by atoms with Crippen molar-refractivity contribution >= 4 is 34.9 Å². The van der Waals surface area contributed by atoms with Crippen molar-refractivity contribution in [3.8, 4) is 5.75 Å². The second-order valence-electron chi connectivity index (χ2n) is 6.61. The molecule has 0 aliphatic heterocycles. The number of hydrogen-bond acceptors (Lipinski definition) is 7. The van der Waals surface area contributed by atoms with Crippen LogP contribution in [-0.4, -0.2) is 37.0 Å². The fraction of sp³-hybridized carbons (Fsp3) is 0.0909. The van der Waals surface area contributed by atoms with Gasteiger partial charge in [0.2, 0.25) is 0 Å². The van der Waals surface area contributed by atoms with E-state index in [1.165, 1.54) is 44.8 Å². The molecule has 1 aromatic heterocycles. The lowest BCUT2D eigenvalue weighted by Gasteiger charge is -2.14. The molecule has 0 bridgehead atoms. The van der Waals surface area contributed by atoms with Gasteiger partial charge in [0.15, 0.2) is 0 Å². The van der Waals surface area contributed by atoms with Gasteiger partial charge in [-0.1, -0.05) is 0 Å². The number of halogens is 2. The number of rotatable bonds is 7. The predicted molar refractivity (Wildman–Crippen MR) is 119 cm³/mol. The predicted octanol–water partition coefficient (Wildman–Crippen LogP) is 3.66. The molecule has 164 valence electrons. The fourth-order valence-corrected chi connectivity index (χ4v) is 3.13. The first kappa shape index (κ1) is 22.3. The average Bonchev–Trinajstić information content (AvgIpc) is 2.79. The summed E-state index contributed by atoms with van der Waals surface area (Å²) in [5, 5.41) is 20.9.